The Balaban J connectivity index is 2.07. The number of halogens is 1. The summed E-state index contributed by atoms with van der Waals surface area (Å²) in [6, 6.07) is 0.194. The van der Waals surface area contributed by atoms with Crippen molar-refractivity contribution in [3.05, 3.63) is 39.1 Å². The molecule has 0 aromatic rings. The second-order valence-corrected chi connectivity index (χ2v) is 5.51. The van der Waals surface area contributed by atoms with Gasteiger partial charge in [0.05, 0.1) is 11.1 Å². The van der Waals surface area contributed by atoms with Gasteiger partial charge in [-0.3, -0.25) is 0 Å². The predicted molar refractivity (Wildman–Crippen MR) is 65.0 cm³/mol. The van der Waals surface area contributed by atoms with Crippen LogP contribution in [0.25, 0.3) is 0 Å². The molecule has 0 aromatic heterocycles. The van der Waals surface area contributed by atoms with E-state index in [1.165, 1.54) is 17.6 Å². The van der Waals surface area contributed by atoms with Crippen LogP contribution in [0.3, 0.4) is 0 Å². The van der Waals surface area contributed by atoms with E-state index < -0.39 is 0 Å². The van der Waals surface area contributed by atoms with Gasteiger partial charge >= 0.3 is 0 Å². The van der Waals surface area contributed by atoms with Gasteiger partial charge in [0.25, 0.3) is 0 Å². The van der Waals surface area contributed by atoms with E-state index in [1.807, 2.05) is 6.08 Å². The summed E-state index contributed by atoms with van der Waals surface area (Å²) in [4.78, 5) is 0. The van der Waals surface area contributed by atoms with Gasteiger partial charge in [0.2, 0.25) is 0 Å². The summed E-state index contributed by atoms with van der Waals surface area (Å²) in [6.07, 6.45) is 7.62. The van der Waals surface area contributed by atoms with E-state index in [9.17, 15) is 5.21 Å². The van der Waals surface area contributed by atoms with Crippen molar-refractivity contribution in [1.29, 1.82) is 0 Å². The monoisotopic (exact) mass is 237 g/mol. The van der Waals surface area contributed by atoms with Crippen LogP contribution in [0.15, 0.2) is 33.9 Å². The Labute approximate surface area is 101 Å². The summed E-state index contributed by atoms with van der Waals surface area (Å²) >= 11 is 6.25. The Morgan fingerprint density at radius 3 is 3.12 bits per heavy atom. The number of hydrogen-bond donors (Lipinski definition) is 1. The standard InChI is InChI=1S/C13H16ClNO/c1-8-5-9-3-2-4-10-6-12(14)11(13(9)10)7-15(8)16/h4,6,8-9,15H,2-3,5,7H2,1H3. The highest BCUT2D eigenvalue weighted by atomic mass is 35.5. The molecule has 86 valence electrons. The average molecular weight is 238 g/mol. The quantitative estimate of drug-likeness (QED) is 0.641. The molecule has 1 N–H and O–H groups in total. The summed E-state index contributed by atoms with van der Waals surface area (Å²) in [6.45, 7) is 2.60. The molecule has 0 amide bonds. The molecule has 16 heavy (non-hydrogen) atoms. The zero-order chi connectivity index (χ0) is 11.3. The predicted octanol–water partition coefficient (Wildman–Crippen LogP) is 1.93. The van der Waals surface area contributed by atoms with Gasteiger partial charge < -0.3 is 10.3 Å². The molecule has 3 heteroatoms. The van der Waals surface area contributed by atoms with Crippen molar-refractivity contribution in [2.24, 2.45) is 5.92 Å². The number of hydroxylamine groups is 2. The van der Waals surface area contributed by atoms with Crippen molar-refractivity contribution < 1.29 is 5.06 Å². The molecule has 2 nitrogen and oxygen atoms in total. The smallest absolute Gasteiger partial charge is 0.104 e. The number of hydrogen-bond acceptors (Lipinski definition) is 1. The molecule has 1 heterocycles. The molecule has 3 rings (SSSR count). The van der Waals surface area contributed by atoms with Crippen LogP contribution in [-0.4, -0.2) is 12.6 Å². The van der Waals surface area contributed by atoms with Crippen LogP contribution < -0.4 is 5.06 Å². The fourth-order valence-electron chi connectivity index (χ4n) is 3.16. The van der Waals surface area contributed by atoms with E-state index in [-0.39, 0.29) is 6.04 Å². The van der Waals surface area contributed by atoms with Crippen LogP contribution >= 0.6 is 11.6 Å². The Hall–Kier alpha value is -0.570. The summed E-state index contributed by atoms with van der Waals surface area (Å²) < 4.78 is 0. The van der Waals surface area contributed by atoms with Gasteiger partial charge in [0.15, 0.2) is 0 Å². The number of quaternary nitrogens is 1. The van der Waals surface area contributed by atoms with E-state index in [0.717, 1.165) is 23.4 Å². The number of rotatable bonds is 0. The molecular weight excluding hydrogens is 222 g/mol. The molecular formula is C13H16ClNO. The highest BCUT2D eigenvalue weighted by molar-refractivity contribution is 6.33. The third-order valence-corrected chi connectivity index (χ3v) is 4.37. The number of allylic oxidation sites excluding steroid dienone is 4. The number of nitrogens with one attached hydrogen (secondary N) is 1. The van der Waals surface area contributed by atoms with Crippen LogP contribution in [0.1, 0.15) is 26.2 Å². The molecule has 0 bridgehead atoms. The summed E-state index contributed by atoms with van der Waals surface area (Å²) in [5.41, 5.74) is 3.79. The molecule has 3 atom stereocenters. The molecule has 1 aliphatic heterocycles. The van der Waals surface area contributed by atoms with Gasteiger partial charge in [-0.25, -0.2) is 0 Å². The summed E-state index contributed by atoms with van der Waals surface area (Å²) in [7, 11) is 0. The Morgan fingerprint density at radius 2 is 2.31 bits per heavy atom. The van der Waals surface area contributed by atoms with Crippen LogP contribution in [0.5, 0.6) is 0 Å². The minimum atomic E-state index is 0.194. The lowest BCUT2D eigenvalue weighted by Gasteiger charge is -2.29. The van der Waals surface area contributed by atoms with Gasteiger partial charge in [0, 0.05) is 12.0 Å². The largest absolute Gasteiger partial charge is 0.634 e. The zero-order valence-electron chi connectivity index (χ0n) is 9.42. The highest BCUT2D eigenvalue weighted by Crippen LogP contribution is 2.43. The molecule has 3 unspecified atom stereocenters. The molecule has 0 saturated heterocycles. The van der Waals surface area contributed by atoms with Gasteiger partial charge in [-0.05, 0) is 42.9 Å². The second-order valence-electron chi connectivity index (χ2n) is 5.10. The van der Waals surface area contributed by atoms with Crippen LogP contribution in [-0.2, 0) is 0 Å². The summed E-state index contributed by atoms with van der Waals surface area (Å²) in [5.74, 6) is 0.559. The molecule has 0 spiro atoms. The zero-order valence-corrected chi connectivity index (χ0v) is 10.2. The van der Waals surface area contributed by atoms with E-state index in [0.29, 0.717) is 17.5 Å². The maximum absolute atomic E-state index is 12.0. The maximum Gasteiger partial charge on any atom is 0.104 e. The van der Waals surface area contributed by atoms with E-state index >= 15 is 0 Å². The van der Waals surface area contributed by atoms with Crippen molar-refractivity contribution in [2.75, 3.05) is 6.54 Å². The Bertz CT molecular complexity index is 422. The first-order valence-corrected chi connectivity index (χ1v) is 6.38. The maximum atomic E-state index is 12.0. The summed E-state index contributed by atoms with van der Waals surface area (Å²) in [5, 5.41) is 13.1. The Kier molecular flexibility index (Phi) is 2.46. The lowest BCUT2D eigenvalue weighted by molar-refractivity contribution is -0.868. The first-order chi connectivity index (χ1) is 7.66. The SMILES string of the molecule is CC1CC2CCC=C3C=C(Cl)C(=C32)C[NH+]1[O-]. The van der Waals surface area contributed by atoms with E-state index in [1.54, 1.807) is 0 Å². The van der Waals surface area contributed by atoms with Crippen LogP contribution in [0, 0.1) is 11.1 Å². The van der Waals surface area contributed by atoms with Gasteiger partial charge in [-0.2, -0.15) is 0 Å². The molecule has 2 aliphatic carbocycles. The molecule has 0 radical (unpaired) electrons. The molecule has 0 aromatic carbocycles. The first-order valence-electron chi connectivity index (χ1n) is 6.00. The minimum Gasteiger partial charge on any atom is -0.634 e. The van der Waals surface area contributed by atoms with Crippen LogP contribution in [0.4, 0.5) is 0 Å². The highest BCUT2D eigenvalue weighted by Gasteiger charge is 2.35. The fourth-order valence-corrected chi connectivity index (χ4v) is 3.45. The molecule has 0 fully saturated rings. The minimum absolute atomic E-state index is 0.194. The van der Waals surface area contributed by atoms with Gasteiger partial charge in [-0.15, -0.1) is 0 Å². The van der Waals surface area contributed by atoms with Gasteiger partial charge in [0.1, 0.15) is 6.54 Å². The average Bonchev–Trinajstić information content (AvgIpc) is 2.48. The third-order valence-electron chi connectivity index (χ3n) is 4.03. The van der Waals surface area contributed by atoms with Crippen molar-refractivity contribution in [1.82, 2.24) is 0 Å². The van der Waals surface area contributed by atoms with Crippen molar-refractivity contribution in [2.45, 2.75) is 32.2 Å². The lowest BCUT2D eigenvalue weighted by Crippen LogP contribution is -3.10. The van der Waals surface area contributed by atoms with Gasteiger partial charge in [-0.1, -0.05) is 17.7 Å². The van der Waals surface area contributed by atoms with E-state index in [2.05, 4.69) is 13.0 Å². The van der Waals surface area contributed by atoms with E-state index in [4.69, 9.17) is 11.6 Å². The second kappa shape index (κ2) is 3.73. The lowest BCUT2D eigenvalue weighted by atomic mass is 9.81. The molecule has 0 saturated carbocycles. The first kappa shape index (κ1) is 10.6. The van der Waals surface area contributed by atoms with Crippen molar-refractivity contribution in [3.63, 3.8) is 0 Å². The van der Waals surface area contributed by atoms with Crippen molar-refractivity contribution >= 4 is 11.6 Å². The third kappa shape index (κ3) is 1.48. The normalized spacial score (nSPS) is 37.8. The fraction of sp³-hybridized carbons (Fsp3) is 0.538. The molecule has 3 aliphatic rings. The van der Waals surface area contributed by atoms with Crippen LogP contribution in [0.2, 0.25) is 0 Å². The van der Waals surface area contributed by atoms with Crippen molar-refractivity contribution in [3.8, 4) is 0 Å². The topological polar surface area (TPSA) is 27.5 Å². The Morgan fingerprint density at radius 1 is 1.50 bits per heavy atom.